The quantitative estimate of drug-likeness (QED) is 0.373. The standard InChI is InChI=1S/C16H15ClN4O4S3/c17-13-6-2-1-5-12(13)14(22)19-15-20-21-16(27-15)28(23,24)18-7-9-26-10-11-4-3-8-25-11/h1-6,8,18H,7,9-10H2,(H,19,20,22). The van der Waals surface area contributed by atoms with E-state index in [9.17, 15) is 13.2 Å². The lowest BCUT2D eigenvalue weighted by molar-refractivity contribution is 0.102. The molecule has 0 aliphatic carbocycles. The number of halogens is 1. The second-order valence-electron chi connectivity index (χ2n) is 5.34. The van der Waals surface area contributed by atoms with Gasteiger partial charge in [-0.2, -0.15) is 11.8 Å². The van der Waals surface area contributed by atoms with Gasteiger partial charge in [-0.25, -0.2) is 13.1 Å². The highest BCUT2D eigenvalue weighted by atomic mass is 35.5. The van der Waals surface area contributed by atoms with E-state index in [4.69, 9.17) is 16.0 Å². The summed E-state index contributed by atoms with van der Waals surface area (Å²) in [6.45, 7) is 0.231. The Labute approximate surface area is 174 Å². The van der Waals surface area contributed by atoms with E-state index >= 15 is 0 Å². The molecule has 2 aromatic heterocycles. The fourth-order valence-electron chi connectivity index (χ4n) is 2.06. The lowest BCUT2D eigenvalue weighted by atomic mass is 10.2. The largest absolute Gasteiger partial charge is 0.468 e. The van der Waals surface area contributed by atoms with E-state index in [1.165, 1.54) is 11.8 Å². The van der Waals surface area contributed by atoms with Crippen LogP contribution >= 0.6 is 34.7 Å². The van der Waals surface area contributed by atoms with Crippen LogP contribution in [0.25, 0.3) is 0 Å². The smallest absolute Gasteiger partial charge is 0.269 e. The molecule has 3 aromatic rings. The Kier molecular flexibility index (Phi) is 7.08. The molecule has 0 radical (unpaired) electrons. The maximum Gasteiger partial charge on any atom is 0.269 e. The molecule has 28 heavy (non-hydrogen) atoms. The number of aromatic nitrogens is 2. The van der Waals surface area contributed by atoms with Gasteiger partial charge in [0.1, 0.15) is 5.76 Å². The lowest BCUT2D eigenvalue weighted by Crippen LogP contribution is -2.26. The number of sulfonamides is 1. The van der Waals surface area contributed by atoms with Crippen molar-refractivity contribution in [2.45, 2.75) is 10.1 Å². The number of hydrogen-bond donors (Lipinski definition) is 2. The maximum atomic E-state index is 12.3. The van der Waals surface area contributed by atoms with Gasteiger partial charge in [-0.1, -0.05) is 35.1 Å². The molecule has 8 nitrogen and oxygen atoms in total. The second kappa shape index (κ2) is 9.52. The van der Waals surface area contributed by atoms with E-state index in [-0.39, 0.29) is 26.6 Å². The molecule has 0 aliphatic heterocycles. The average molecular weight is 459 g/mol. The van der Waals surface area contributed by atoms with Crippen molar-refractivity contribution in [1.29, 1.82) is 0 Å². The molecule has 0 bridgehead atoms. The van der Waals surface area contributed by atoms with Crippen LogP contribution in [0.3, 0.4) is 0 Å². The molecule has 12 heteroatoms. The summed E-state index contributed by atoms with van der Waals surface area (Å²) in [6, 6.07) is 10.2. The second-order valence-corrected chi connectivity index (χ2v) is 9.77. The zero-order chi connectivity index (χ0) is 20.0. The molecule has 2 heterocycles. The first-order valence-corrected chi connectivity index (χ1v) is 11.8. The highest BCUT2D eigenvalue weighted by Gasteiger charge is 2.21. The van der Waals surface area contributed by atoms with Crippen molar-refractivity contribution in [2.24, 2.45) is 0 Å². The number of carbonyl (C=O) groups is 1. The van der Waals surface area contributed by atoms with Crippen LogP contribution in [0.4, 0.5) is 5.13 Å². The molecular formula is C16H15ClN4O4S3. The fourth-order valence-corrected chi connectivity index (χ4v) is 5.13. The maximum absolute atomic E-state index is 12.3. The Bertz CT molecular complexity index is 1040. The molecule has 0 aliphatic rings. The Hall–Kier alpha value is -1.92. The topological polar surface area (TPSA) is 114 Å². The number of nitrogens with zero attached hydrogens (tertiary/aromatic N) is 2. The zero-order valence-corrected chi connectivity index (χ0v) is 17.5. The fraction of sp³-hybridized carbons (Fsp3) is 0.188. The Morgan fingerprint density at radius 3 is 2.79 bits per heavy atom. The van der Waals surface area contributed by atoms with E-state index in [0.717, 1.165) is 17.1 Å². The highest BCUT2D eigenvalue weighted by Crippen LogP contribution is 2.22. The summed E-state index contributed by atoms with van der Waals surface area (Å²) in [6.07, 6.45) is 1.59. The molecule has 0 unspecified atom stereocenters. The van der Waals surface area contributed by atoms with Gasteiger partial charge in [-0.15, -0.1) is 10.2 Å². The molecule has 2 N–H and O–H groups in total. The third kappa shape index (κ3) is 5.55. The minimum absolute atomic E-state index is 0.0671. The molecule has 0 spiro atoms. The summed E-state index contributed by atoms with van der Waals surface area (Å²) in [4.78, 5) is 12.2. The van der Waals surface area contributed by atoms with E-state index in [2.05, 4.69) is 20.2 Å². The number of carbonyl (C=O) groups excluding carboxylic acids is 1. The Morgan fingerprint density at radius 2 is 2.04 bits per heavy atom. The highest BCUT2D eigenvalue weighted by molar-refractivity contribution is 7.98. The summed E-state index contributed by atoms with van der Waals surface area (Å²) >= 11 is 8.27. The van der Waals surface area contributed by atoms with E-state index in [0.29, 0.717) is 11.5 Å². The number of anilines is 1. The molecule has 0 fully saturated rings. The molecule has 148 valence electrons. The SMILES string of the molecule is O=C(Nc1nnc(S(=O)(=O)NCCSCc2ccco2)s1)c1ccccc1Cl. The van der Waals surface area contributed by atoms with Crippen molar-refractivity contribution >= 4 is 55.8 Å². The molecule has 0 saturated heterocycles. The van der Waals surface area contributed by atoms with Crippen LogP contribution in [0.2, 0.25) is 5.02 Å². The van der Waals surface area contributed by atoms with Gasteiger partial charge in [0.15, 0.2) is 0 Å². The first-order chi connectivity index (χ1) is 13.5. The number of hydrogen-bond acceptors (Lipinski definition) is 8. The van der Waals surface area contributed by atoms with Crippen molar-refractivity contribution < 1.29 is 17.6 Å². The van der Waals surface area contributed by atoms with Crippen molar-refractivity contribution in [2.75, 3.05) is 17.6 Å². The number of furan rings is 1. The molecule has 0 atom stereocenters. The lowest BCUT2D eigenvalue weighted by Gasteiger charge is -2.03. The predicted octanol–water partition coefficient (Wildman–Crippen LogP) is 3.25. The minimum atomic E-state index is -3.80. The van der Waals surface area contributed by atoms with Crippen molar-refractivity contribution in [1.82, 2.24) is 14.9 Å². The summed E-state index contributed by atoms with van der Waals surface area (Å²) in [5.74, 6) is 1.56. The van der Waals surface area contributed by atoms with E-state index < -0.39 is 15.9 Å². The van der Waals surface area contributed by atoms with Crippen LogP contribution in [-0.4, -0.2) is 36.8 Å². The Balaban J connectivity index is 1.51. The van der Waals surface area contributed by atoms with Crippen molar-refractivity contribution in [3.8, 4) is 0 Å². The summed E-state index contributed by atoms with van der Waals surface area (Å²) < 4.78 is 32.0. The van der Waals surface area contributed by atoms with Crippen LogP contribution in [0.1, 0.15) is 16.1 Å². The normalized spacial score (nSPS) is 11.5. The van der Waals surface area contributed by atoms with Crippen LogP contribution in [-0.2, 0) is 15.8 Å². The van der Waals surface area contributed by atoms with Gasteiger partial charge in [0.05, 0.1) is 22.6 Å². The predicted molar refractivity (Wildman–Crippen MR) is 109 cm³/mol. The summed E-state index contributed by atoms with van der Waals surface area (Å²) in [5, 5.41) is 10.2. The number of rotatable bonds is 9. The van der Waals surface area contributed by atoms with Crippen LogP contribution in [0.15, 0.2) is 51.4 Å². The third-order valence-corrected chi connectivity index (χ3v) is 7.32. The zero-order valence-electron chi connectivity index (χ0n) is 14.3. The van der Waals surface area contributed by atoms with Gasteiger partial charge in [0.25, 0.3) is 15.9 Å². The molecule has 0 saturated carbocycles. The average Bonchev–Trinajstić information content (AvgIpc) is 3.34. The minimum Gasteiger partial charge on any atom is -0.468 e. The van der Waals surface area contributed by atoms with Gasteiger partial charge in [0, 0.05) is 12.3 Å². The van der Waals surface area contributed by atoms with Gasteiger partial charge >= 0.3 is 0 Å². The number of nitrogens with one attached hydrogen (secondary N) is 2. The number of thioether (sulfide) groups is 1. The van der Waals surface area contributed by atoms with Crippen LogP contribution in [0.5, 0.6) is 0 Å². The first-order valence-electron chi connectivity index (χ1n) is 7.95. The van der Waals surface area contributed by atoms with Gasteiger partial charge in [0.2, 0.25) is 9.47 Å². The van der Waals surface area contributed by atoms with Gasteiger partial charge in [-0.3, -0.25) is 10.1 Å². The van der Waals surface area contributed by atoms with Gasteiger partial charge in [-0.05, 0) is 24.3 Å². The summed E-state index contributed by atoms with van der Waals surface area (Å²) in [5.41, 5.74) is 0.260. The molecule has 3 rings (SSSR count). The number of benzene rings is 1. The van der Waals surface area contributed by atoms with Crippen LogP contribution < -0.4 is 10.0 Å². The third-order valence-electron chi connectivity index (χ3n) is 3.34. The molecule has 1 aromatic carbocycles. The Morgan fingerprint density at radius 1 is 1.21 bits per heavy atom. The molecule has 1 amide bonds. The molecular weight excluding hydrogens is 444 g/mol. The first kappa shape index (κ1) is 20.8. The van der Waals surface area contributed by atoms with E-state index in [1.54, 1.807) is 36.6 Å². The van der Waals surface area contributed by atoms with Gasteiger partial charge < -0.3 is 4.42 Å². The van der Waals surface area contributed by atoms with Crippen molar-refractivity contribution in [3.63, 3.8) is 0 Å². The van der Waals surface area contributed by atoms with Crippen molar-refractivity contribution in [3.05, 3.63) is 59.0 Å². The monoisotopic (exact) mass is 458 g/mol. The van der Waals surface area contributed by atoms with E-state index in [1.807, 2.05) is 6.07 Å². The summed E-state index contributed by atoms with van der Waals surface area (Å²) in [7, 11) is -3.80. The van der Waals surface area contributed by atoms with Crippen LogP contribution in [0, 0.1) is 0 Å². The number of amides is 1.